The van der Waals surface area contributed by atoms with Gasteiger partial charge in [-0.25, -0.2) is 13.2 Å². The van der Waals surface area contributed by atoms with Crippen LogP contribution in [0.5, 0.6) is 11.5 Å². The average Bonchev–Trinajstić information content (AvgIpc) is 3.13. The lowest BCUT2D eigenvalue weighted by molar-refractivity contribution is -0.127. The number of halogens is 4. The minimum Gasteiger partial charge on any atom is -0.493 e. The molecule has 3 aromatic rings. The van der Waals surface area contributed by atoms with Gasteiger partial charge in [0.05, 0.1) is 22.2 Å². The third-order valence-electron chi connectivity index (χ3n) is 5.23. The topological polar surface area (TPSA) is 84.9 Å². The first-order valence-corrected chi connectivity index (χ1v) is 12.5. The van der Waals surface area contributed by atoms with Crippen LogP contribution in [0.25, 0.3) is 6.08 Å². The largest absolute Gasteiger partial charge is 0.493 e. The molecular weight excluding hydrogens is 589 g/mol. The molecule has 4 rings (SSSR count). The van der Waals surface area contributed by atoms with Gasteiger partial charge in [0, 0.05) is 6.07 Å². The maximum absolute atomic E-state index is 13.8. The maximum Gasteiger partial charge on any atom is 0.294 e. The van der Waals surface area contributed by atoms with Gasteiger partial charge in [0.15, 0.2) is 11.5 Å². The number of hydrogen-bond donors (Lipinski definition) is 1. The summed E-state index contributed by atoms with van der Waals surface area (Å²) in [6, 6.07) is 11.7. The van der Waals surface area contributed by atoms with Crippen molar-refractivity contribution in [1.29, 1.82) is 0 Å². The molecule has 1 N–H and O–H groups in total. The number of carbonyl (C=O) groups excluding carboxylic acids is 3. The number of ether oxygens (including phenoxy) is 2. The molecule has 38 heavy (non-hydrogen) atoms. The predicted octanol–water partition coefficient (Wildman–Crippen LogP) is 6.13. The summed E-state index contributed by atoms with van der Waals surface area (Å²) >= 11 is 4.06. The van der Waals surface area contributed by atoms with E-state index in [1.807, 2.05) is 0 Å². The van der Waals surface area contributed by atoms with Crippen molar-refractivity contribution < 1.29 is 37.0 Å². The van der Waals surface area contributed by atoms with Crippen LogP contribution in [0.2, 0.25) is 0 Å². The summed E-state index contributed by atoms with van der Waals surface area (Å²) in [5, 5.41) is 1.54. The molecule has 3 aromatic carbocycles. The molecule has 3 amide bonds. The molecule has 0 aromatic heterocycles. The normalized spacial score (nSPS) is 14.2. The van der Waals surface area contributed by atoms with E-state index in [4.69, 9.17) is 9.47 Å². The highest BCUT2D eigenvalue weighted by molar-refractivity contribution is 9.10. The number of rotatable bonds is 8. The highest BCUT2D eigenvalue weighted by Crippen LogP contribution is 2.39. The zero-order valence-corrected chi connectivity index (χ0v) is 22.0. The van der Waals surface area contributed by atoms with Crippen molar-refractivity contribution in [3.05, 3.63) is 92.6 Å². The van der Waals surface area contributed by atoms with E-state index in [9.17, 15) is 27.6 Å². The molecule has 0 aliphatic carbocycles. The van der Waals surface area contributed by atoms with Crippen LogP contribution in [-0.2, 0) is 16.2 Å². The summed E-state index contributed by atoms with van der Waals surface area (Å²) in [7, 11) is 1.44. The van der Waals surface area contributed by atoms with Crippen molar-refractivity contribution in [1.82, 2.24) is 4.90 Å². The van der Waals surface area contributed by atoms with Crippen molar-refractivity contribution in [2.45, 2.75) is 6.61 Å². The number of imide groups is 1. The van der Waals surface area contributed by atoms with Crippen LogP contribution in [0, 0.1) is 17.5 Å². The van der Waals surface area contributed by atoms with E-state index >= 15 is 0 Å². The highest BCUT2D eigenvalue weighted by atomic mass is 79.9. The highest BCUT2D eigenvalue weighted by Gasteiger charge is 2.36. The molecular formula is C26H18BrF3N2O5S. The lowest BCUT2D eigenvalue weighted by atomic mass is 10.1. The molecule has 7 nitrogen and oxygen atoms in total. The molecule has 12 heteroatoms. The van der Waals surface area contributed by atoms with Crippen LogP contribution in [0.15, 0.2) is 64.0 Å². The molecule has 0 bridgehead atoms. The Kier molecular flexibility index (Phi) is 8.42. The first-order chi connectivity index (χ1) is 18.1. The Labute approximate surface area is 227 Å². The summed E-state index contributed by atoms with van der Waals surface area (Å²) < 4.78 is 51.7. The number of methoxy groups -OCH3 is 1. The predicted molar refractivity (Wildman–Crippen MR) is 139 cm³/mol. The van der Waals surface area contributed by atoms with Crippen molar-refractivity contribution in [2.24, 2.45) is 0 Å². The molecule has 1 saturated heterocycles. The second-order valence-corrected chi connectivity index (χ2v) is 9.74. The van der Waals surface area contributed by atoms with Crippen LogP contribution in [0.4, 0.5) is 23.7 Å². The number of carbonyl (C=O) groups is 3. The van der Waals surface area contributed by atoms with E-state index in [0.717, 1.165) is 22.6 Å². The quantitative estimate of drug-likeness (QED) is 0.311. The fraction of sp³-hybridized carbons (Fsp3) is 0.115. The van der Waals surface area contributed by atoms with Crippen LogP contribution < -0.4 is 14.8 Å². The molecule has 1 aliphatic rings. The van der Waals surface area contributed by atoms with Crippen molar-refractivity contribution in [3.63, 3.8) is 0 Å². The number of nitrogens with one attached hydrogen (secondary N) is 1. The Hall–Kier alpha value is -3.77. The maximum atomic E-state index is 13.8. The van der Waals surface area contributed by atoms with Gasteiger partial charge >= 0.3 is 0 Å². The Morgan fingerprint density at radius 1 is 1.05 bits per heavy atom. The van der Waals surface area contributed by atoms with Crippen LogP contribution in [-0.4, -0.2) is 35.6 Å². The number of nitrogens with zero attached hydrogens (tertiary/aromatic N) is 1. The molecule has 0 saturated carbocycles. The number of thioether (sulfide) groups is 1. The van der Waals surface area contributed by atoms with Crippen molar-refractivity contribution in [3.8, 4) is 11.5 Å². The van der Waals surface area contributed by atoms with Gasteiger partial charge < -0.3 is 14.8 Å². The standard InChI is InChI=1S/C26H18BrF3N2O5S/c1-36-21-9-15(8-18(27)24(21)37-13-14-2-4-16(28)5-3-14)10-22-25(34)32(26(35)38-22)12-23(33)31-20-7-6-17(29)11-19(20)30/h2-11H,12-13H2,1H3,(H,31,33)/b22-10+. The van der Waals surface area contributed by atoms with E-state index in [2.05, 4.69) is 21.2 Å². The fourth-order valence-electron chi connectivity index (χ4n) is 3.41. The van der Waals surface area contributed by atoms with Crippen LogP contribution in [0.1, 0.15) is 11.1 Å². The minimum absolute atomic E-state index is 0.0599. The van der Waals surface area contributed by atoms with Gasteiger partial charge in [-0.3, -0.25) is 19.3 Å². The van der Waals surface area contributed by atoms with E-state index < -0.39 is 35.2 Å². The lowest BCUT2D eigenvalue weighted by Crippen LogP contribution is -2.36. The molecule has 196 valence electrons. The van der Waals surface area contributed by atoms with Gasteiger partial charge in [-0.15, -0.1) is 0 Å². The molecule has 1 heterocycles. The van der Waals surface area contributed by atoms with Gasteiger partial charge in [0.1, 0.15) is 30.6 Å². The molecule has 0 unspecified atom stereocenters. The third kappa shape index (κ3) is 6.37. The van der Waals surface area contributed by atoms with Crippen molar-refractivity contribution >= 4 is 56.5 Å². The Bertz CT molecular complexity index is 1450. The SMILES string of the molecule is COc1cc(/C=C2/SC(=O)N(CC(=O)Nc3ccc(F)cc3F)C2=O)cc(Br)c1OCc1ccc(F)cc1. The minimum atomic E-state index is -0.989. The number of benzene rings is 3. The van der Waals surface area contributed by atoms with Crippen LogP contribution in [0.3, 0.4) is 0 Å². The van der Waals surface area contributed by atoms with E-state index in [-0.39, 0.29) is 23.0 Å². The summed E-state index contributed by atoms with van der Waals surface area (Å²) in [6.07, 6.45) is 1.46. The Balaban J connectivity index is 1.46. The summed E-state index contributed by atoms with van der Waals surface area (Å²) in [5.74, 6) is -2.97. The molecule has 1 fully saturated rings. The summed E-state index contributed by atoms with van der Waals surface area (Å²) in [5.41, 5.74) is 0.966. The smallest absolute Gasteiger partial charge is 0.294 e. The second kappa shape index (κ2) is 11.7. The first kappa shape index (κ1) is 27.3. The van der Waals surface area contributed by atoms with Gasteiger partial charge in [-0.1, -0.05) is 12.1 Å². The zero-order valence-electron chi connectivity index (χ0n) is 19.6. The Morgan fingerprint density at radius 3 is 2.45 bits per heavy atom. The lowest BCUT2D eigenvalue weighted by Gasteiger charge is -2.14. The van der Waals surface area contributed by atoms with Gasteiger partial charge in [-0.05, 0) is 81.3 Å². The fourth-order valence-corrected chi connectivity index (χ4v) is 4.82. The van der Waals surface area contributed by atoms with Gasteiger partial charge in [0.25, 0.3) is 11.1 Å². The molecule has 0 atom stereocenters. The third-order valence-corrected chi connectivity index (χ3v) is 6.72. The summed E-state index contributed by atoms with van der Waals surface area (Å²) in [4.78, 5) is 38.3. The monoisotopic (exact) mass is 606 g/mol. The van der Waals surface area contributed by atoms with E-state index in [0.29, 0.717) is 39.4 Å². The van der Waals surface area contributed by atoms with Crippen LogP contribution >= 0.6 is 27.7 Å². The summed E-state index contributed by atoms with van der Waals surface area (Å²) in [6.45, 7) is -0.501. The first-order valence-electron chi connectivity index (χ1n) is 10.9. The molecule has 0 radical (unpaired) electrons. The van der Waals surface area contributed by atoms with E-state index in [1.54, 1.807) is 24.3 Å². The number of amides is 3. The average molecular weight is 607 g/mol. The second-order valence-electron chi connectivity index (χ2n) is 7.89. The number of anilines is 1. The van der Waals surface area contributed by atoms with E-state index in [1.165, 1.54) is 25.3 Å². The zero-order chi connectivity index (χ0) is 27.4. The number of hydrogen-bond acceptors (Lipinski definition) is 6. The molecule has 0 spiro atoms. The van der Waals surface area contributed by atoms with Gasteiger partial charge in [0.2, 0.25) is 5.91 Å². The Morgan fingerprint density at radius 2 is 1.76 bits per heavy atom. The van der Waals surface area contributed by atoms with Crippen molar-refractivity contribution in [2.75, 3.05) is 19.0 Å². The molecule has 1 aliphatic heterocycles. The van der Waals surface area contributed by atoms with Gasteiger partial charge in [-0.2, -0.15) is 0 Å².